The third-order valence-corrected chi connectivity index (χ3v) is 7.22. The predicted octanol–water partition coefficient (Wildman–Crippen LogP) is 3.45. The molecule has 0 aliphatic carbocycles. The molecule has 9 heteroatoms. The van der Waals surface area contributed by atoms with E-state index < -0.39 is 10.0 Å². The van der Waals surface area contributed by atoms with Gasteiger partial charge in [-0.2, -0.15) is 0 Å². The second-order valence-corrected chi connectivity index (χ2v) is 10.3. The Bertz CT molecular complexity index is 917. The van der Waals surface area contributed by atoms with Gasteiger partial charge in [-0.15, -0.1) is 11.3 Å². The zero-order valence-corrected chi connectivity index (χ0v) is 18.5. The normalized spacial score (nSPS) is 15.9. The molecule has 0 atom stereocenters. The molecular formula is C20H28N4O3S2. The van der Waals surface area contributed by atoms with Crippen LogP contribution in [0.1, 0.15) is 36.9 Å². The third-order valence-electron chi connectivity index (χ3n) is 4.91. The van der Waals surface area contributed by atoms with Gasteiger partial charge in [0.25, 0.3) is 0 Å². The molecular weight excluding hydrogens is 408 g/mol. The number of benzene rings is 1. The minimum absolute atomic E-state index is 0.00819. The molecule has 0 unspecified atom stereocenters. The number of rotatable bonds is 8. The lowest BCUT2D eigenvalue weighted by molar-refractivity contribution is -0.121. The van der Waals surface area contributed by atoms with E-state index in [0.29, 0.717) is 17.8 Å². The number of sulfonamides is 1. The smallest absolute Gasteiger partial charge is 0.232 e. The van der Waals surface area contributed by atoms with Crippen LogP contribution in [0.2, 0.25) is 0 Å². The standard InChI is InChI=1S/C20H28N4O3S2/c1-3-12-29(26,27)23-18-6-4-17(5-7-18)22-20(25)16-8-10-24(11-9-16)13-19-14-28-15(2)21-19/h4-7,14,16,23H,3,8-13H2,1-2H3,(H,22,25). The summed E-state index contributed by atoms with van der Waals surface area (Å²) in [5.74, 6) is 0.103. The highest BCUT2D eigenvalue weighted by Gasteiger charge is 2.25. The summed E-state index contributed by atoms with van der Waals surface area (Å²) >= 11 is 1.67. The maximum atomic E-state index is 12.6. The van der Waals surface area contributed by atoms with Crippen molar-refractivity contribution in [2.45, 2.75) is 39.7 Å². The summed E-state index contributed by atoms with van der Waals surface area (Å²) in [7, 11) is -3.31. The van der Waals surface area contributed by atoms with E-state index in [0.717, 1.165) is 43.2 Å². The van der Waals surface area contributed by atoms with Crippen LogP contribution in [0.15, 0.2) is 29.6 Å². The number of nitrogens with one attached hydrogen (secondary N) is 2. The number of hydrogen-bond acceptors (Lipinski definition) is 6. The molecule has 1 aliphatic heterocycles. The Hall–Kier alpha value is -1.97. The van der Waals surface area contributed by atoms with Crippen LogP contribution in [0.25, 0.3) is 0 Å². The van der Waals surface area contributed by atoms with E-state index in [9.17, 15) is 13.2 Å². The first-order valence-electron chi connectivity index (χ1n) is 9.89. The van der Waals surface area contributed by atoms with Crippen LogP contribution < -0.4 is 10.0 Å². The number of likely N-dealkylation sites (tertiary alicyclic amines) is 1. The minimum Gasteiger partial charge on any atom is -0.326 e. The minimum atomic E-state index is -3.31. The second-order valence-electron chi connectivity index (χ2n) is 7.40. The van der Waals surface area contributed by atoms with Crippen molar-refractivity contribution < 1.29 is 13.2 Å². The Morgan fingerprint density at radius 1 is 1.21 bits per heavy atom. The van der Waals surface area contributed by atoms with Crippen LogP contribution in [-0.4, -0.2) is 43.1 Å². The summed E-state index contributed by atoms with van der Waals surface area (Å²) < 4.78 is 26.2. The molecule has 29 heavy (non-hydrogen) atoms. The first-order valence-corrected chi connectivity index (χ1v) is 12.4. The van der Waals surface area contributed by atoms with E-state index in [-0.39, 0.29) is 17.6 Å². The molecule has 1 saturated heterocycles. The summed E-state index contributed by atoms with van der Waals surface area (Å²) in [5, 5.41) is 6.13. The summed E-state index contributed by atoms with van der Waals surface area (Å²) in [6, 6.07) is 6.78. The molecule has 1 aromatic carbocycles. The van der Waals surface area contributed by atoms with Crippen molar-refractivity contribution in [1.82, 2.24) is 9.88 Å². The summed E-state index contributed by atoms with van der Waals surface area (Å²) in [6.45, 7) is 6.44. The molecule has 0 bridgehead atoms. The average molecular weight is 437 g/mol. The lowest BCUT2D eigenvalue weighted by atomic mass is 9.95. The molecule has 1 amide bonds. The molecule has 3 rings (SSSR count). The molecule has 2 heterocycles. The monoisotopic (exact) mass is 436 g/mol. The van der Waals surface area contributed by atoms with Crippen LogP contribution in [0.5, 0.6) is 0 Å². The van der Waals surface area contributed by atoms with Gasteiger partial charge in [0, 0.05) is 29.2 Å². The Labute approximate surface area is 176 Å². The Kier molecular flexibility index (Phi) is 7.26. The van der Waals surface area contributed by atoms with Crippen LogP contribution in [-0.2, 0) is 21.4 Å². The van der Waals surface area contributed by atoms with Crippen LogP contribution in [0.4, 0.5) is 11.4 Å². The highest BCUT2D eigenvalue weighted by Crippen LogP contribution is 2.22. The number of carbonyl (C=O) groups excluding carboxylic acids is 1. The highest BCUT2D eigenvalue weighted by molar-refractivity contribution is 7.92. The van der Waals surface area contributed by atoms with Crippen LogP contribution >= 0.6 is 11.3 Å². The fourth-order valence-corrected chi connectivity index (χ4v) is 5.17. The van der Waals surface area contributed by atoms with Crippen LogP contribution in [0, 0.1) is 12.8 Å². The van der Waals surface area contributed by atoms with E-state index >= 15 is 0 Å². The Morgan fingerprint density at radius 2 is 1.86 bits per heavy atom. The number of piperidine rings is 1. The Morgan fingerprint density at radius 3 is 2.45 bits per heavy atom. The van der Waals surface area contributed by atoms with Gasteiger partial charge in [-0.3, -0.25) is 14.4 Å². The number of aromatic nitrogens is 1. The van der Waals surface area contributed by atoms with Crippen molar-refractivity contribution >= 4 is 38.6 Å². The zero-order valence-electron chi connectivity index (χ0n) is 16.8. The molecule has 158 valence electrons. The quantitative estimate of drug-likeness (QED) is 0.661. The van der Waals surface area contributed by atoms with E-state index in [2.05, 4.69) is 25.3 Å². The SMILES string of the molecule is CCCS(=O)(=O)Nc1ccc(NC(=O)C2CCN(Cc3csc(C)n3)CC2)cc1. The van der Waals surface area contributed by atoms with Crippen molar-refractivity contribution in [3.05, 3.63) is 40.3 Å². The predicted molar refractivity (Wildman–Crippen MR) is 118 cm³/mol. The molecule has 1 fully saturated rings. The van der Waals surface area contributed by atoms with Gasteiger partial charge in [0.1, 0.15) is 0 Å². The third kappa shape index (κ3) is 6.52. The maximum Gasteiger partial charge on any atom is 0.232 e. The molecule has 0 spiro atoms. The fourth-order valence-electron chi connectivity index (χ4n) is 3.43. The lowest BCUT2D eigenvalue weighted by Crippen LogP contribution is -2.37. The number of amides is 1. The van der Waals surface area contributed by atoms with Crippen molar-refractivity contribution in [1.29, 1.82) is 0 Å². The topological polar surface area (TPSA) is 91.4 Å². The highest BCUT2D eigenvalue weighted by atomic mass is 32.2. The van der Waals surface area contributed by atoms with E-state index in [1.807, 2.05) is 13.8 Å². The zero-order chi connectivity index (χ0) is 20.9. The van der Waals surface area contributed by atoms with Gasteiger partial charge in [0.05, 0.1) is 16.5 Å². The summed E-state index contributed by atoms with van der Waals surface area (Å²) in [6.07, 6.45) is 2.21. The fraction of sp³-hybridized carbons (Fsp3) is 0.500. The van der Waals surface area contributed by atoms with Gasteiger partial charge >= 0.3 is 0 Å². The molecule has 7 nitrogen and oxygen atoms in total. The number of anilines is 2. The van der Waals surface area contributed by atoms with Crippen molar-refractivity contribution in [2.75, 3.05) is 28.9 Å². The van der Waals surface area contributed by atoms with E-state index in [4.69, 9.17) is 0 Å². The van der Waals surface area contributed by atoms with Gasteiger partial charge in [0.2, 0.25) is 15.9 Å². The van der Waals surface area contributed by atoms with Crippen molar-refractivity contribution in [3.63, 3.8) is 0 Å². The summed E-state index contributed by atoms with van der Waals surface area (Å²) in [4.78, 5) is 19.4. The molecule has 2 N–H and O–H groups in total. The first-order chi connectivity index (χ1) is 13.8. The molecule has 2 aromatic rings. The van der Waals surface area contributed by atoms with Gasteiger partial charge in [-0.25, -0.2) is 13.4 Å². The number of hydrogen-bond donors (Lipinski definition) is 2. The number of thiazole rings is 1. The molecule has 0 saturated carbocycles. The second kappa shape index (κ2) is 9.69. The number of aryl methyl sites for hydroxylation is 1. The van der Waals surface area contributed by atoms with Gasteiger partial charge in [0.15, 0.2) is 0 Å². The number of nitrogens with zero attached hydrogens (tertiary/aromatic N) is 2. The first kappa shape index (κ1) is 21.7. The molecule has 1 aromatic heterocycles. The van der Waals surface area contributed by atoms with Crippen molar-refractivity contribution in [3.8, 4) is 0 Å². The van der Waals surface area contributed by atoms with Crippen molar-refractivity contribution in [2.24, 2.45) is 5.92 Å². The lowest BCUT2D eigenvalue weighted by Gasteiger charge is -2.30. The van der Waals surface area contributed by atoms with Gasteiger partial charge < -0.3 is 5.32 Å². The number of carbonyl (C=O) groups is 1. The average Bonchev–Trinajstić information content (AvgIpc) is 3.08. The van der Waals surface area contributed by atoms with Crippen LogP contribution in [0.3, 0.4) is 0 Å². The maximum absolute atomic E-state index is 12.6. The largest absolute Gasteiger partial charge is 0.326 e. The van der Waals surface area contributed by atoms with E-state index in [1.165, 1.54) is 0 Å². The van der Waals surface area contributed by atoms with Gasteiger partial charge in [-0.05, 0) is 63.5 Å². The molecule has 1 aliphatic rings. The van der Waals surface area contributed by atoms with E-state index in [1.54, 1.807) is 35.6 Å². The molecule has 0 radical (unpaired) electrons. The summed E-state index contributed by atoms with van der Waals surface area (Å²) in [5.41, 5.74) is 2.28. The Balaban J connectivity index is 1.47. The van der Waals surface area contributed by atoms with Gasteiger partial charge in [-0.1, -0.05) is 6.92 Å².